The zero-order valence-corrected chi connectivity index (χ0v) is 14.3. The van der Waals surface area contributed by atoms with Crippen LogP contribution in [0.15, 0.2) is 48.7 Å². The first-order chi connectivity index (χ1) is 11.6. The first kappa shape index (κ1) is 16.4. The van der Waals surface area contributed by atoms with Crippen LogP contribution in [0.4, 0.5) is 4.79 Å². The molecule has 0 bridgehead atoms. The minimum Gasteiger partial charge on any atom is -0.361 e. The zero-order chi connectivity index (χ0) is 16.9. The highest BCUT2D eigenvalue weighted by molar-refractivity contribution is 6.31. The zero-order valence-electron chi connectivity index (χ0n) is 13.5. The summed E-state index contributed by atoms with van der Waals surface area (Å²) in [5.41, 5.74) is 4.34. The summed E-state index contributed by atoms with van der Waals surface area (Å²) in [7, 11) is 0. The van der Waals surface area contributed by atoms with E-state index >= 15 is 0 Å². The Kier molecular flexibility index (Phi) is 5.06. The van der Waals surface area contributed by atoms with Crippen LogP contribution < -0.4 is 10.6 Å². The Hall–Kier alpha value is -2.46. The van der Waals surface area contributed by atoms with Gasteiger partial charge in [-0.05, 0) is 42.2 Å². The van der Waals surface area contributed by atoms with Crippen LogP contribution in [-0.2, 0) is 13.0 Å². The second-order valence-corrected chi connectivity index (χ2v) is 6.21. The standard InChI is InChI=1S/C19H20ClN3O/c1-13-6-7-14(10-17(13)20)11-23-19(24)21-9-8-15-12-22-18-5-3-2-4-16(15)18/h2-7,10,12,22H,8-9,11H2,1H3,(H2,21,23,24). The lowest BCUT2D eigenvalue weighted by atomic mass is 10.1. The molecule has 3 aromatic rings. The average Bonchev–Trinajstić information content (AvgIpc) is 2.99. The fourth-order valence-corrected chi connectivity index (χ4v) is 2.84. The van der Waals surface area contributed by atoms with Crippen LogP contribution in [0, 0.1) is 6.92 Å². The summed E-state index contributed by atoms with van der Waals surface area (Å²) in [5.74, 6) is 0. The van der Waals surface area contributed by atoms with Crippen molar-refractivity contribution in [1.82, 2.24) is 15.6 Å². The third-order valence-electron chi connectivity index (χ3n) is 4.04. The topological polar surface area (TPSA) is 56.9 Å². The first-order valence-electron chi connectivity index (χ1n) is 7.95. The number of aromatic nitrogens is 1. The second-order valence-electron chi connectivity index (χ2n) is 5.80. The van der Waals surface area contributed by atoms with Gasteiger partial charge in [-0.1, -0.05) is 41.9 Å². The van der Waals surface area contributed by atoms with E-state index in [0.717, 1.165) is 23.1 Å². The van der Waals surface area contributed by atoms with Crippen molar-refractivity contribution in [3.8, 4) is 0 Å². The van der Waals surface area contributed by atoms with E-state index in [4.69, 9.17) is 11.6 Å². The molecule has 24 heavy (non-hydrogen) atoms. The van der Waals surface area contributed by atoms with Crippen LogP contribution in [-0.4, -0.2) is 17.6 Å². The van der Waals surface area contributed by atoms with Crippen molar-refractivity contribution in [3.63, 3.8) is 0 Å². The Bertz CT molecular complexity index is 857. The van der Waals surface area contributed by atoms with Gasteiger partial charge in [-0.25, -0.2) is 4.79 Å². The van der Waals surface area contributed by atoms with Crippen LogP contribution in [0.3, 0.4) is 0 Å². The van der Waals surface area contributed by atoms with Crippen molar-refractivity contribution in [2.75, 3.05) is 6.54 Å². The quantitative estimate of drug-likeness (QED) is 0.641. The maximum Gasteiger partial charge on any atom is 0.315 e. The Labute approximate surface area is 146 Å². The van der Waals surface area contributed by atoms with Gasteiger partial charge < -0.3 is 15.6 Å². The number of fused-ring (bicyclic) bond motifs is 1. The summed E-state index contributed by atoms with van der Waals surface area (Å²) >= 11 is 6.09. The molecular weight excluding hydrogens is 322 g/mol. The molecule has 0 saturated heterocycles. The fraction of sp³-hybridized carbons (Fsp3) is 0.211. The van der Waals surface area contributed by atoms with E-state index in [0.29, 0.717) is 18.1 Å². The highest BCUT2D eigenvalue weighted by atomic mass is 35.5. The number of hydrogen-bond donors (Lipinski definition) is 3. The van der Waals surface area contributed by atoms with Gasteiger partial charge in [0.2, 0.25) is 0 Å². The van der Waals surface area contributed by atoms with Crippen LogP contribution in [0.25, 0.3) is 10.9 Å². The van der Waals surface area contributed by atoms with Crippen molar-refractivity contribution in [2.45, 2.75) is 19.9 Å². The molecule has 0 atom stereocenters. The van der Waals surface area contributed by atoms with Crippen molar-refractivity contribution in [2.24, 2.45) is 0 Å². The Morgan fingerprint density at radius 3 is 2.83 bits per heavy atom. The third kappa shape index (κ3) is 3.89. The Balaban J connectivity index is 1.46. The normalized spacial score (nSPS) is 10.8. The predicted molar refractivity (Wildman–Crippen MR) is 98.4 cm³/mol. The number of amides is 2. The van der Waals surface area contributed by atoms with Gasteiger partial charge in [-0.15, -0.1) is 0 Å². The molecule has 2 aromatic carbocycles. The largest absolute Gasteiger partial charge is 0.361 e. The number of hydrogen-bond acceptors (Lipinski definition) is 1. The number of benzene rings is 2. The first-order valence-corrected chi connectivity index (χ1v) is 8.33. The van der Waals surface area contributed by atoms with Crippen molar-refractivity contribution in [1.29, 1.82) is 0 Å². The maximum absolute atomic E-state index is 11.9. The number of carbonyl (C=O) groups excluding carboxylic acids is 1. The lowest BCUT2D eigenvalue weighted by Crippen LogP contribution is -2.36. The second kappa shape index (κ2) is 7.41. The van der Waals surface area contributed by atoms with Crippen molar-refractivity contribution < 1.29 is 4.79 Å². The molecule has 1 aromatic heterocycles. The Morgan fingerprint density at radius 1 is 1.17 bits per heavy atom. The molecule has 0 aliphatic carbocycles. The fourth-order valence-electron chi connectivity index (χ4n) is 2.64. The smallest absolute Gasteiger partial charge is 0.315 e. The van der Waals surface area contributed by atoms with Crippen molar-refractivity contribution >= 4 is 28.5 Å². The number of para-hydroxylation sites is 1. The molecular formula is C19H20ClN3O. The highest BCUT2D eigenvalue weighted by Gasteiger charge is 2.05. The van der Waals surface area contributed by atoms with Crippen LogP contribution in [0.1, 0.15) is 16.7 Å². The molecule has 1 heterocycles. The van der Waals surface area contributed by atoms with Gasteiger partial charge in [0, 0.05) is 35.2 Å². The van der Waals surface area contributed by atoms with Gasteiger partial charge in [-0.2, -0.15) is 0 Å². The lowest BCUT2D eigenvalue weighted by Gasteiger charge is -2.08. The average molecular weight is 342 g/mol. The van der Waals surface area contributed by atoms with Gasteiger partial charge in [0.15, 0.2) is 0 Å². The summed E-state index contributed by atoms with van der Waals surface area (Å²) in [6, 6.07) is 13.8. The van der Waals surface area contributed by atoms with Gasteiger partial charge in [0.05, 0.1) is 0 Å². The molecule has 4 nitrogen and oxygen atoms in total. The van der Waals surface area contributed by atoms with E-state index in [2.05, 4.69) is 21.7 Å². The molecule has 0 unspecified atom stereocenters. The molecule has 0 spiro atoms. The lowest BCUT2D eigenvalue weighted by molar-refractivity contribution is 0.240. The summed E-state index contributed by atoms with van der Waals surface area (Å²) in [5, 5.41) is 7.65. The van der Waals surface area contributed by atoms with Gasteiger partial charge in [0.25, 0.3) is 0 Å². The summed E-state index contributed by atoms with van der Waals surface area (Å²) in [4.78, 5) is 15.1. The highest BCUT2D eigenvalue weighted by Crippen LogP contribution is 2.18. The molecule has 3 rings (SSSR count). The number of H-pyrrole nitrogens is 1. The summed E-state index contributed by atoms with van der Waals surface area (Å²) in [6.45, 7) is 3.00. The number of aromatic amines is 1. The van der Waals surface area contributed by atoms with E-state index in [1.54, 1.807) is 0 Å². The molecule has 124 valence electrons. The minimum absolute atomic E-state index is 0.175. The SMILES string of the molecule is Cc1ccc(CNC(=O)NCCc2c[nH]c3ccccc23)cc1Cl. The summed E-state index contributed by atoms with van der Waals surface area (Å²) in [6.07, 6.45) is 2.78. The van der Waals surface area contributed by atoms with Gasteiger partial charge >= 0.3 is 6.03 Å². The molecule has 5 heteroatoms. The molecule has 2 amide bonds. The summed E-state index contributed by atoms with van der Waals surface area (Å²) < 4.78 is 0. The third-order valence-corrected chi connectivity index (χ3v) is 4.45. The van der Waals surface area contributed by atoms with E-state index in [-0.39, 0.29) is 6.03 Å². The van der Waals surface area contributed by atoms with Crippen LogP contribution in [0.5, 0.6) is 0 Å². The molecule has 0 fully saturated rings. The Morgan fingerprint density at radius 2 is 2.00 bits per heavy atom. The number of carbonyl (C=O) groups is 1. The molecule has 0 aliphatic rings. The van der Waals surface area contributed by atoms with Crippen LogP contribution >= 0.6 is 11.6 Å². The predicted octanol–water partition coefficient (Wildman–Crippen LogP) is 4.17. The number of nitrogens with one attached hydrogen (secondary N) is 3. The van der Waals surface area contributed by atoms with Gasteiger partial charge in [0.1, 0.15) is 0 Å². The number of rotatable bonds is 5. The van der Waals surface area contributed by atoms with E-state index in [1.165, 1.54) is 10.9 Å². The molecule has 0 aliphatic heterocycles. The van der Waals surface area contributed by atoms with Crippen LogP contribution in [0.2, 0.25) is 5.02 Å². The van der Waals surface area contributed by atoms with E-state index < -0.39 is 0 Å². The number of halogens is 1. The maximum atomic E-state index is 11.9. The van der Waals surface area contributed by atoms with E-state index in [9.17, 15) is 4.79 Å². The molecule has 0 radical (unpaired) electrons. The minimum atomic E-state index is -0.175. The molecule has 3 N–H and O–H groups in total. The number of urea groups is 1. The monoisotopic (exact) mass is 341 g/mol. The number of aryl methyl sites for hydroxylation is 1. The van der Waals surface area contributed by atoms with E-state index in [1.807, 2.05) is 49.5 Å². The van der Waals surface area contributed by atoms with Crippen molar-refractivity contribution in [3.05, 3.63) is 70.4 Å². The molecule has 0 saturated carbocycles. The van der Waals surface area contributed by atoms with Gasteiger partial charge in [-0.3, -0.25) is 0 Å².